The summed E-state index contributed by atoms with van der Waals surface area (Å²) in [6.07, 6.45) is -3.10. The van der Waals surface area contributed by atoms with Gasteiger partial charge in [0.25, 0.3) is 0 Å². The van der Waals surface area contributed by atoms with Crippen LogP contribution in [0.2, 0.25) is 0 Å². The number of pyridine rings is 1. The Labute approximate surface area is 246 Å². The van der Waals surface area contributed by atoms with E-state index >= 15 is 0 Å². The van der Waals surface area contributed by atoms with Gasteiger partial charge >= 0.3 is 6.18 Å². The number of furan rings is 1. The summed E-state index contributed by atoms with van der Waals surface area (Å²) >= 11 is 0. The molecule has 0 bridgehead atoms. The smallest absolute Gasteiger partial charge is 0.422 e. The van der Waals surface area contributed by atoms with Crippen molar-refractivity contribution in [2.45, 2.75) is 25.4 Å². The van der Waals surface area contributed by atoms with E-state index < -0.39 is 18.2 Å². The van der Waals surface area contributed by atoms with Crippen LogP contribution in [0.4, 0.5) is 13.2 Å². The number of carbonyl (C=O) groups is 1. The van der Waals surface area contributed by atoms with Crippen molar-refractivity contribution in [1.82, 2.24) is 9.88 Å². The molecule has 1 saturated heterocycles. The van der Waals surface area contributed by atoms with Crippen LogP contribution in [-0.4, -0.2) is 67.9 Å². The van der Waals surface area contributed by atoms with Crippen molar-refractivity contribution in [3.8, 4) is 23.3 Å². The monoisotopic (exact) mass is 590 g/mol. The molecule has 10 heteroatoms. The van der Waals surface area contributed by atoms with E-state index in [-0.39, 0.29) is 17.2 Å². The number of carbonyl (C=O) groups excluding carboxylic acids is 1. The molecule has 0 spiro atoms. The highest BCUT2D eigenvalue weighted by atomic mass is 19.4. The molecule has 1 fully saturated rings. The van der Waals surface area contributed by atoms with Gasteiger partial charge in [-0.25, -0.2) is 4.98 Å². The number of ether oxygens (including phenoxy) is 3. The number of nitrogens with zero attached hydrogens (tertiary/aromatic N) is 2. The van der Waals surface area contributed by atoms with Crippen LogP contribution in [0.25, 0.3) is 11.0 Å². The lowest BCUT2D eigenvalue weighted by Crippen LogP contribution is -2.38. The maximum absolute atomic E-state index is 13.7. The first-order chi connectivity index (χ1) is 20.6. The highest BCUT2D eigenvalue weighted by Gasteiger charge is 2.41. The molecule has 7 nitrogen and oxygen atoms in total. The van der Waals surface area contributed by atoms with E-state index in [4.69, 9.17) is 18.6 Å². The van der Waals surface area contributed by atoms with Gasteiger partial charge in [-0.3, -0.25) is 9.69 Å². The minimum Gasteiger partial charge on any atom is -0.492 e. The Kier molecular flexibility index (Phi) is 7.63. The number of rotatable bonds is 6. The number of morpholine rings is 1. The Morgan fingerprint density at radius 3 is 2.58 bits per heavy atom. The fourth-order valence-corrected chi connectivity index (χ4v) is 5.41. The van der Waals surface area contributed by atoms with E-state index in [0.717, 1.165) is 38.4 Å². The normalized spacial score (nSPS) is 16.3. The molecular weight excluding hydrogens is 561 g/mol. The number of alkyl halides is 3. The average molecular weight is 591 g/mol. The minimum atomic E-state index is -4.44. The third kappa shape index (κ3) is 6.10. The fourth-order valence-electron chi connectivity index (χ4n) is 5.41. The van der Waals surface area contributed by atoms with E-state index in [1.165, 1.54) is 18.3 Å². The molecule has 2 aromatic carbocycles. The predicted molar refractivity (Wildman–Crippen MR) is 153 cm³/mol. The molecule has 0 atom stereocenters. The van der Waals surface area contributed by atoms with Gasteiger partial charge < -0.3 is 18.6 Å². The van der Waals surface area contributed by atoms with Crippen molar-refractivity contribution in [2.75, 3.05) is 46.1 Å². The molecule has 0 N–H and O–H groups in total. The Morgan fingerprint density at radius 2 is 1.79 bits per heavy atom. The average Bonchev–Trinajstić information content (AvgIpc) is 3.39. The van der Waals surface area contributed by atoms with E-state index in [2.05, 4.69) is 21.7 Å². The number of benzene rings is 2. The van der Waals surface area contributed by atoms with Crippen LogP contribution in [-0.2, 0) is 10.2 Å². The molecule has 2 aromatic heterocycles. The van der Waals surface area contributed by atoms with Crippen LogP contribution < -0.4 is 9.47 Å². The topological polar surface area (TPSA) is 74.0 Å². The highest BCUT2D eigenvalue weighted by molar-refractivity contribution is 6.19. The summed E-state index contributed by atoms with van der Waals surface area (Å²) < 4.78 is 60.0. The van der Waals surface area contributed by atoms with Gasteiger partial charge in [-0.15, -0.1) is 0 Å². The number of halogens is 3. The standard InChI is InChI=1S/C33H29F3N2O5/c1-32(2)27-19-23(41-16-13-38-11-14-40-15-12-38)6-8-25(27)30(39)29-26-7-4-21(17-28(26)43-31(29)32)3-5-22-18-24(9-10-37-22)42-20-33(34,35)36/h4,6-10,17-19H,11-16,20H2,1-2H3. The number of fused-ring (bicyclic) bond motifs is 4. The molecule has 0 unspecified atom stereocenters. The first-order valence-electron chi connectivity index (χ1n) is 14.0. The van der Waals surface area contributed by atoms with Crippen LogP contribution in [0.5, 0.6) is 11.5 Å². The largest absolute Gasteiger partial charge is 0.492 e. The summed E-state index contributed by atoms with van der Waals surface area (Å²) in [4.78, 5) is 20.1. The molecular formula is C33H29F3N2O5. The molecule has 1 aliphatic heterocycles. The van der Waals surface area contributed by atoms with Gasteiger partial charge in [0.2, 0.25) is 0 Å². The van der Waals surface area contributed by atoms with Gasteiger partial charge in [-0.1, -0.05) is 5.92 Å². The summed E-state index contributed by atoms with van der Waals surface area (Å²) in [6, 6.07) is 13.6. The van der Waals surface area contributed by atoms with E-state index in [9.17, 15) is 18.0 Å². The fraction of sp³-hybridized carbons (Fsp3) is 0.333. The summed E-state index contributed by atoms with van der Waals surface area (Å²) in [7, 11) is 0. The molecule has 2 aliphatic rings. The van der Waals surface area contributed by atoms with Crippen LogP contribution in [0.1, 0.15) is 52.3 Å². The van der Waals surface area contributed by atoms with Gasteiger partial charge in [0.1, 0.15) is 35.1 Å². The zero-order chi connectivity index (χ0) is 30.2. The van der Waals surface area contributed by atoms with Crippen molar-refractivity contribution >= 4 is 16.8 Å². The highest BCUT2D eigenvalue weighted by Crippen LogP contribution is 2.46. The summed E-state index contributed by atoms with van der Waals surface area (Å²) in [5.41, 5.74) is 2.75. The zero-order valence-corrected chi connectivity index (χ0v) is 23.7. The molecule has 0 saturated carbocycles. The summed E-state index contributed by atoms with van der Waals surface area (Å²) in [5, 5.41) is 0.691. The second-order valence-corrected chi connectivity index (χ2v) is 11.0. The first-order valence-corrected chi connectivity index (χ1v) is 14.0. The Bertz CT molecular complexity index is 1740. The van der Waals surface area contributed by atoms with Crippen LogP contribution in [0.3, 0.4) is 0 Å². The minimum absolute atomic E-state index is 0.0248. The molecule has 0 amide bonds. The number of hydrogen-bond acceptors (Lipinski definition) is 7. The third-order valence-electron chi connectivity index (χ3n) is 7.64. The number of ketones is 1. The van der Waals surface area contributed by atoms with Crippen molar-refractivity contribution in [1.29, 1.82) is 0 Å². The van der Waals surface area contributed by atoms with E-state index in [1.54, 1.807) is 18.2 Å². The number of hydrogen-bond donors (Lipinski definition) is 0. The van der Waals surface area contributed by atoms with Crippen molar-refractivity contribution in [2.24, 2.45) is 0 Å². The Hall–Kier alpha value is -4.33. The second-order valence-electron chi connectivity index (χ2n) is 11.0. The molecule has 43 heavy (non-hydrogen) atoms. The van der Waals surface area contributed by atoms with Gasteiger partial charge in [0.15, 0.2) is 12.4 Å². The summed E-state index contributed by atoms with van der Waals surface area (Å²) in [6.45, 7) is 7.24. The first kappa shape index (κ1) is 28.8. The lowest BCUT2D eigenvalue weighted by molar-refractivity contribution is -0.153. The lowest BCUT2D eigenvalue weighted by Gasteiger charge is -2.31. The third-order valence-corrected chi connectivity index (χ3v) is 7.64. The quantitative estimate of drug-likeness (QED) is 0.265. The second kappa shape index (κ2) is 11.4. The van der Waals surface area contributed by atoms with Crippen LogP contribution >= 0.6 is 0 Å². The molecule has 1 aliphatic carbocycles. The van der Waals surface area contributed by atoms with Crippen molar-refractivity contribution in [3.63, 3.8) is 0 Å². The van der Waals surface area contributed by atoms with Crippen LogP contribution in [0, 0.1) is 11.8 Å². The summed E-state index contributed by atoms with van der Waals surface area (Å²) in [5.74, 6) is 7.02. The Morgan fingerprint density at radius 1 is 1.00 bits per heavy atom. The van der Waals surface area contributed by atoms with E-state index in [1.807, 2.05) is 32.0 Å². The maximum atomic E-state index is 13.7. The zero-order valence-electron chi connectivity index (χ0n) is 23.7. The molecule has 222 valence electrons. The van der Waals surface area contributed by atoms with Gasteiger partial charge in [-0.05, 0) is 67.8 Å². The van der Waals surface area contributed by atoms with Gasteiger partial charge in [-0.2, -0.15) is 13.2 Å². The predicted octanol–water partition coefficient (Wildman–Crippen LogP) is 5.75. The van der Waals surface area contributed by atoms with Crippen molar-refractivity contribution in [3.05, 3.63) is 88.4 Å². The van der Waals surface area contributed by atoms with Crippen LogP contribution in [0.15, 0.2) is 59.1 Å². The molecule has 0 radical (unpaired) electrons. The lowest BCUT2D eigenvalue weighted by atomic mass is 9.71. The maximum Gasteiger partial charge on any atom is 0.422 e. The number of aromatic nitrogens is 1. The Balaban J connectivity index is 1.23. The molecule has 4 aromatic rings. The SMILES string of the molecule is CC1(C)c2cc(OCCN3CCOCC3)ccc2C(=O)c2c1oc1cc(C#Cc3cc(OCC(F)(F)F)ccn3)ccc21. The van der Waals surface area contributed by atoms with Gasteiger partial charge in [0.05, 0.1) is 18.8 Å². The van der Waals surface area contributed by atoms with Crippen molar-refractivity contribution < 1.29 is 36.6 Å². The molecule has 6 rings (SSSR count). The molecule has 3 heterocycles. The van der Waals surface area contributed by atoms with E-state index in [0.29, 0.717) is 45.8 Å². The van der Waals surface area contributed by atoms with Gasteiger partial charge in [0, 0.05) is 53.8 Å².